The highest BCUT2D eigenvalue weighted by Crippen LogP contribution is 2.32. The highest BCUT2D eigenvalue weighted by atomic mass is 79.9. The molecule has 0 amide bonds. The number of hydrogen-bond acceptors (Lipinski definition) is 3. The fourth-order valence-corrected chi connectivity index (χ4v) is 1.67. The molecule has 9 heteroatoms. The van der Waals surface area contributed by atoms with Crippen LogP contribution in [-0.4, -0.2) is 9.97 Å². The maximum absolute atomic E-state index is 13.4. The van der Waals surface area contributed by atoms with E-state index in [-0.39, 0.29) is 21.5 Å². The monoisotopic (exact) mass is 355 g/mol. The Kier molecular flexibility index (Phi) is 3.91. The summed E-state index contributed by atoms with van der Waals surface area (Å²) in [6, 6.07) is 0.109. The second-order valence-electron chi connectivity index (χ2n) is 3.30. The number of anilines is 2. The number of nitrogens with one attached hydrogen (secondary N) is 1. The quantitative estimate of drug-likeness (QED) is 0.498. The van der Waals surface area contributed by atoms with E-state index >= 15 is 0 Å². The Morgan fingerprint density at radius 3 is 2.21 bits per heavy atom. The molecule has 0 spiro atoms. The van der Waals surface area contributed by atoms with Gasteiger partial charge in [-0.2, -0.15) is 0 Å². The summed E-state index contributed by atoms with van der Waals surface area (Å²) in [6.45, 7) is 0. The molecule has 0 bridgehead atoms. The maximum atomic E-state index is 13.4. The van der Waals surface area contributed by atoms with Gasteiger partial charge in [-0.05, 0) is 15.9 Å². The van der Waals surface area contributed by atoms with Crippen LogP contribution in [0.3, 0.4) is 0 Å². The second kappa shape index (κ2) is 5.30. The van der Waals surface area contributed by atoms with Crippen molar-refractivity contribution in [3.05, 3.63) is 45.3 Å². The van der Waals surface area contributed by atoms with Crippen molar-refractivity contribution < 1.29 is 17.6 Å². The molecular formula is C10H3BrClF4N3. The van der Waals surface area contributed by atoms with Crippen LogP contribution in [0.25, 0.3) is 0 Å². The van der Waals surface area contributed by atoms with Crippen molar-refractivity contribution in [2.45, 2.75) is 0 Å². The molecule has 0 saturated carbocycles. The first-order chi connectivity index (χ1) is 8.91. The Balaban J connectivity index is 2.52. The molecule has 0 aliphatic heterocycles. The van der Waals surface area contributed by atoms with Crippen molar-refractivity contribution in [1.29, 1.82) is 0 Å². The van der Waals surface area contributed by atoms with E-state index in [1.54, 1.807) is 0 Å². The SMILES string of the molecule is Fc1cc(F)c(F)c(Nc2ncnc(Cl)c2Br)c1F. The predicted octanol–water partition coefficient (Wildman–Crippen LogP) is 4.19. The molecule has 1 aromatic carbocycles. The molecule has 1 aromatic heterocycles. The van der Waals surface area contributed by atoms with E-state index in [1.165, 1.54) is 0 Å². The third kappa shape index (κ3) is 2.64. The van der Waals surface area contributed by atoms with Crippen LogP contribution in [0.5, 0.6) is 0 Å². The Hall–Kier alpha value is -1.41. The van der Waals surface area contributed by atoms with Gasteiger partial charge < -0.3 is 5.32 Å². The summed E-state index contributed by atoms with van der Waals surface area (Å²) < 4.78 is 53.0. The van der Waals surface area contributed by atoms with Crippen molar-refractivity contribution in [3.63, 3.8) is 0 Å². The van der Waals surface area contributed by atoms with Crippen LogP contribution in [0.15, 0.2) is 16.9 Å². The zero-order valence-corrected chi connectivity index (χ0v) is 11.2. The highest BCUT2D eigenvalue weighted by Gasteiger charge is 2.20. The standard InChI is InChI=1S/C10H3BrClF4N3/c11-5-9(12)17-2-18-10(5)19-8-6(15)3(13)1-4(14)7(8)16/h1-2H,(H,17,18,19). The predicted molar refractivity (Wildman–Crippen MR) is 64.3 cm³/mol. The van der Waals surface area contributed by atoms with Crippen LogP contribution in [-0.2, 0) is 0 Å². The fraction of sp³-hybridized carbons (Fsp3) is 0. The van der Waals surface area contributed by atoms with Crippen molar-refractivity contribution in [2.75, 3.05) is 5.32 Å². The van der Waals surface area contributed by atoms with Gasteiger partial charge in [0.2, 0.25) is 0 Å². The molecule has 0 aliphatic carbocycles. The molecule has 0 radical (unpaired) electrons. The van der Waals surface area contributed by atoms with Gasteiger partial charge in [0.15, 0.2) is 23.3 Å². The molecule has 1 N–H and O–H groups in total. The van der Waals surface area contributed by atoms with Crippen molar-refractivity contribution in [1.82, 2.24) is 9.97 Å². The van der Waals surface area contributed by atoms with Gasteiger partial charge in [0.05, 0.1) is 4.47 Å². The van der Waals surface area contributed by atoms with Crippen LogP contribution < -0.4 is 5.32 Å². The highest BCUT2D eigenvalue weighted by molar-refractivity contribution is 9.10. The molecule has 19 heavy (non-hydrogen) atoms. The lowest BCUT2D eigenvalue weighted by molar-refractivity contribution is 0.459. The average Bonchev–Trinajstić information content (AvgIpc) is 2.37. The molecule has 2 aromatic rings. The zero-order valence-electron chi connectivity index (χ0n) is 8.82. The summed E-state index contributed by atoms with van der Waals surface area (Å²) in [5, 5.41) is 2.09. The molecular weight excluding hydrogens is 353 g/mol. The molecule has 0 aliphatic rings. The number of halogens is 6. The Labute approximate surface area is 117 Å². The summed E-state index contributed by atoms with van der Waals surface area (Å²) in [7, 11) is 0. The van der Waals surface area contributed by atoms with Gasteiger partial charge in [-0.1, -0.05) is 11.6 Å². The van der Waals surface area contributed by atoms with Gasteiger partial charge in [0, 0.05) is 6.07 Å². The van der Waals surface area contributed by atoms with E-state index in [2.05, 4.69) is 31.2 Å². The summed E-state index contributed by atoms with van der Waals surface area (Å²) >= 11 is 8.62. The Bertz CT molecular complexity index is 627. The normalized spacial score (nSPS) is 10.6. The molecule has 1 heterocycles. The smallest absolute Gasteiger partial charge is 0.185 e. The van der Waals surface area contributed by atoms with Gasteiger partial charge in [-0.25, -0.2) is 27.5 Å². The van der Waals surface area contributed by atoms with Crippen molar-refractivity contribution in [2.24, 2.45) is 0 Å². The van der Waals surface area contributed by atoms with E-state index in [4.69, 9.17) is 11.6 Å². The van der Waals surface area contributed by atoms with Crippen LogP contribution >= 0.6 is 27.5 Å². The molecule has 2 rings (SSSR count). The summed E-state index contributed by atoms with van der Waals surface area (Å²) in [5.74, 6) is -6.33. The topological polar surface area (TPSA) is 37.8 Å². The molecule has 0 atom stereocenters. The van der Waals surface area contributed by atoms with E-state index in [1.807, 2.05) is 0 Å². The summed E-state index contributed by atoms with van der Waals surface area (Å²) in [6.07, 6.45) is 1.01. The lowest BCUT2D eigenvalue weighted by atomic mass is 10.2. The lowest BCUT2D eigenvalue weighted by Gasteiger charge is -2.10. The van der Waals surface area contributed by atoms with Gasteiger partial charge >= 0.3 is 0 Å². The number of aromatic nitrogens is 2. The third-order valence-electron chi connectivity index (χ3n) is 2.10. The van der Waals surface area contributed by atoms with Gasteiger partial charge in [-0.3, -0.25) is 0 Å². The van der Waals surface area contributed by atoms with Gasteiger partial charge in [-0.15, -0.1) is 0 Å². The van der Waals surface area contributed by atoms with Crippen molar-refractivity contribution in [3.8, 4) is 0 Å². The number of benzene rings is 1. The molecule has 100 valence electrons. The number of rotatable bonds is 2. The number of hydrogen-bond donors (Lipinski definition) is 1. The first kappa shape index (κ1) is 14.0. The van der Waals surface area contributed by atoms with E-state index in [9.17, 15) is 17.6 Å². The number of nitrogens with zero attached hydrogens (tertiary/aromatic N) is 2. The summed E-state index contributed by atoms with van der Waals surface area (Å²) in [5.41, 5.74) is -1.01. The van der Waals surface area contributed by atoms with E-state index < -0.39 is 29.0 Å². The van der Waals surface area contributed by atoms with E-state index in [0.717, 1.165) is 6.33 Å². The summed E-state index contributed by atoms with van der Waals surface area (Å²) in [4.78, 5) is 7.24. The first-order valence-electron chi connectivity index (χ1n) is 4.67. The average molecular weight is 357 g/mol. The lowest BCUT2D eigenvalue weighted by Crippen LogP contribution is -2.05. The van der Waals surface area contributed by atoms with E-state index in [0.29, 0.717) is 0 Å². The largest absolute Gasteiger partial charge is 0.334 e. The Morgan fingerprint density at radius 2 is 1.63 bits per heavy atom. The van der Waals surface area contributed by atoms with Gasteiger partial charge in [0.25, 0.3) is 0 Å². The van der Waals surface area contributed by atoms with Crippen LogP contribution in [0, 0.1) is 23.3 Å². The third-order valence-corrected chi connectivity index (χ3v) is 3.37. The van der Waals surface area contributed by atoms with Gasteiger partial charge in [0.1, 0.15) is 23.0 Å². The minimum Gasteiger partial charge on any atom is -0.334 e. The molecule has 3 nitrogen and oxygen atoms in total. The zero-order chi connectivity index (χ0) is 14.2. The fourth-order valence-electron chi connectivity index (χ4n) is 1.24. The van der Waals surface area contributed by atoms with Crippen LogP contribution in [0.4, 0.5) is 29.1 Å². The Morgan fingerprint density at radius 1 is 1.05 bits per heavy atom. The second-order valence-corrected chi connectivity index (χ2v) is 4.45. The molecule has 0 fully saturated rings. The van der Waals surface area contributed by atoms with Crippen LogP contribution in [0.1, 0.15) is 0 Å². The molecule has 0 saturated heterocycles. The van der Waals surface area contributed by atoms with Crippen LogP contribution in [0.2, 0.25) is 5.15 Å². The maximum Gasteiger partial charge on any atom is 0.185 e. The minimum atomic E-state index is -1.57. The molecule has 0 unspecified atom stereocenters. The minimum absolute atomic E-state index is 0.0322. The first-order valence-corrected chi connectivity index (χ1v) is 5.85. The van der Waals surface area contributed by atoms with Crippen molar-refractivity contribution >= 4 is 39.0 Å².